The van der Waals surface area contributed by atoms with Crippen molar-refractivity contribution in [3.63, 3.8) is 0 Å². The second kappa shape index (κ2) is 8.04. The van der Waals surface area contributed by atoms with E-state index in [0.717, 1.165) is 23.2 Å². The van der Waals surface area contributed by atoms with Crippen LogP contribution in [0.4, 0.5) is 5.69 Å². The molecule has 0 saturated carbocycles. The Kier molecular flexibility index (Phi) is 5.56. The van der Waals surface area contributed by atoms with Crippen LogP contribution >= 0.6 is 0 Å². The van der Waals surface area contributed by atoms with Gasteiger partial charge in [0.15, 0.2) is 0 Å². The number of nitrogens with zero attached hydrogens (tertiary/aromatic N) is 1. The van der Waals surface area contributed by atoms with Crippen LogP contribution in [0.25, 0.3) is 0 Å². The lowest BCUT2D eigenvalue weighted by molar-refractivity contribution is -0.141. The van der Waals surface area contributed by atoms with Crippen LogP contribution < -0.4 is 11.1 Å². The maximum absolute atomic E-state index is 12.8. The fourth-order valence-corrected chi connectivity index (χ4v) is 3.56. The van der Waals surface area contributed by atoms with Crippen molar-refractivity contribution >= 4 is 17.5 Å². The van der Waals surface area contributed by atoms with Crippen LogP contribution in [0.5, 0.6) is 0 Å². The summed E-state index contributed by atoms with van der Waals surface area (Å²) in [5.41, 5.74) is 8.56. The average Bonchev–Trinajstić information content (AvgIpc) is 2.66. The fraction of sp³-hybridized carbons (Fsp3) is 0.333. The van der Waals surface area contributed by atoms with Crippen molar-refractivity contribution in [2.45, 2.75) is 25.3 Å². The van der Waals surface area contributed by atoms with Crippen molar-refractivity contribution in [2.75, 3.05) is 19.3 Å². The summed E-state index contributed by atoms with van der Waals surface area (Å²) in [6.07, 6.45) is 1.75. The van der Waals surface area contributed by atoms with Gasteiger partial charge in [0.05, 0.1) is 12.0 Å². The summed E-state index contributed by atoms with van der Waals surface area (Å²) >= 11 is 0. The smallest absolute Gasteiger partial charge is 0.225 e. The number of hydrogen-bond donors (Lipinski definition) is 2. The Morgan fingerprint density at radius 1 is 1.15 bits per heavy atom. The van der Waals surface area contributed by atoms with Crippen molar-refractivity contribution in [2.24, 2.45) is 5.92 Å². The summed E-state index contributed by atoms with van der Waals surface area (Å²) in [4.78, 5) is 26.7. The molecule has 0 bridgehead atoms. The molecule has 1 aliphatic rings. The molecule has 2 unspecified atom stereocenters. The Hall–Kier alpha value is -2.82. The minimum Gasteiger partial charge on any atom is -0.399 e. The lowest BCUT2D eigenvalue weighted by Crippen LogP contribution is -2.46. The average molecular weight is 351 g/mol. The van der Waals surface area contributed by atoms with Crippen molar-refractivity contribution in [3.8, 4) is 0 Å². The quantitative estimate of drug-likeness (QED) is 0.813. The lowest BCUT2D eigenvalue weighted by atomic mass is 9.84. The van der Waals surface area contributed by atoms with Gasteiger partial charge < -0.3 is 16.0 Å². The number of nitrogen functional groups attached to an aromatic ring is 1. The number of rotatable bonds is 5. The van der Waals surface area contributed by atoms with Gasteiger partial charge in [-0.1, -0.05) is 42.5 Å². The van der Waals surface area contributed by atoms with Gasteiger partial charge in [-0.05, 0) is 36.1 Å². The van der Waals surface area contributed by atoms with Gasteiger partial charge in [-0.2, -0.15) is 0 Å². The number of nitrogens with two attached hydrogens (primary N) is 1. The maximum Gasteiger partial charge on any atom is 0.225 e. The first kappa shape index (κ1) is 18.0. The highest BCUT2D eigenvalue weighted by Gasteiger charge is 2.38. The Morgan fingerprint density at radius 3 is 2.54 bits per heavy atom. The molecule has 1 fully saturated rings. The first-order valence-electron chi connectivity index (χ1n) is 8.99. The summed E-state index contributed by atoms with van der Waals surface area (Å²) in [5, 5.41) is 3.04. The Morgan fingerprint density at radius 2 is 1.85 bits per heavy atom. The van der Waals surface area contributed by atoms with Gasteiger partial charge in [-0.25, -0.2) is 0 Å². The Labute approximate surface area is 154 Å². The van der Waals surface area contributed by atoms with Crippen molar-refractivity contribution in [1.82, 2.24) is 10.2 Å². The van der Waals surface area contributed by atoms with E-state index in [-0.39, 0.29) is 23.8 Å². The zero-order valence-electron chi connectivity index (χ0n) is 15.0. The number of hydrogen-bond acceptors (Lipinski definition) is 3. The summed E-state index contributed by atoms with van der Waals surface area (Å²) in [6.45, 7) is 0.568. The van der Waals surface area contributed by atoms with Gasteiger partial charge in [0, 0.05) is 25.7 Å². The highest BCUT2D eigenvalue weighted by Crippen LogP contribution is 2.35. The first-order valence-corrected chi connectivity index (χ1v) is 8.99. The van der Waals surface area contributed by atoms with Crippen molar-refractivity contribution in [1.29, 1.82) is 0 Å². The minimum atomic E-state index is -0.230. The molecule has 0 spiro atoms. The molecule has 2 aromatic carbocycles. The molecule has 0 aromatic heterocycles. The second-order valence-corrected chi connectivity index (χ2v) is 6.79. The Balaban J connectivity index is 1.66. The molecule has 0 radical (unpaired) electrons. The molecule has 2 aromatic rings. The summed E-state index contributed by atoms with van der Waals surface area (Å²) < 4.78 is 0. The Bertz CT molecular complexity index is 759. The predicted octanol–water partition coefficient (Wildman–Crippen LogP) is 2.54. The van der Waals surface area contributed by atoms with E-state index in [4.69, 9.17) is 5.73 Å². The third-order valence-corrected chi connectivity index (χ3v) is 5.03. The number of likely N-dealkylation sites (tertiary alicyclic amines) is 1. The van der Waals surface area contributed by atoms with E-state index in [1.807, 2.05) is 54.6 Å². The molecular weight excluding hydrogens is 326 g/mol. The number of amides is 2. The molecule has 5 heteroatoms. The van der Waals surface area contributed by atoms with E-state index in [2.05, 4.69) is 5.32 Å². The zero-order chi connectivity index (χ0) is 18.5. The zero-order valence-corrected chi connectivity index (χ0v) is 15.0. The highest BCUT2D eigenvalue weighted by molar-refractivity contribution is 5.84. The standard InChI is InChI=1S/C21H25N3O2/c1-24-19(25)12-11-18(20(24)16-5-3-2-4-6-16)21(26)23-14-13-15-7-9-17(22)10-8-15/h2-10,18,20H,11-14,22H2,1H3,(H,23,26). The molecule has 2 amide bonds. The maximum atomic E-state index is 12.8. The van der Waals surface area contributed by atoms with E-state index in [1.54, 1.807) is 11.9 Å². The molecule has 0 aliphatic carbocycles. The number of piperidine rings is 1. The fourth-order valence-electron chi connectivity index (χ4n) is 3.56. The van der Waals surface area contributed by atoms with Crippen LogP contribution in [-0.4, -0.2) is 30.3 Å². The van der Waals surface area contributed by atoms with E-state index >= 15 is 0 Å². The number of carbonyl (C=O) groups is 2. The van der Waals surface area contributed by atoms with Crippen molar-refractivity contribution in [3.05, 3.63) is 65.7 Å². The summed E-state index contributed by atoms with van der Waals surface area (Å²) in [6, 6.07) is 17.3. The minimum absolute atomic E-state index is 0.00801. The van der Waals surface area contributed by atoms with Gasteiger partial charge >= 0.3 is 0 Å². The molecule has 26 heavy (non-hydrogen) atoms. The van der Waals surface area contributed by atoms with Crippen molar-refractivity contribution < 1.29 is 9.59 Å². The SMILES string of the molecule is CN1C(=O)CCC(C(=O)NCCc2ccc(N)cc2)C1c1ccccc1. The molecule has 3 N–H and O–H groups in total. The predicted molar refractivity (Wildman–Crippen MR) is 102 cm³/mol. The molecular formula is C21H25N3O2. The van der Waals surface area contributed by atoms with Gasteiger partial charge in [0.25, 0.3) is 0 Å². The number of benzene rings is 2. The monoisotopic (exact) mass is 351 g/mol. The number of anilines is 1. The van der Waals surface area contributed by atoms with Crippen LogP contribution in [-0.2, 0) is 16.0 Å². The van der Waals surface area contributed by atoms with E-state index < -0.39 is 0 Å². The highest BCUT2D eigenvalue weighted by atomic mass is 16.2. The van der Waals surface area contributed by atoms with Crippen LogP contribution in [0.15, 0.2) is 54.6 Å². The van der Waals surface area contributed by atoms with Gasteiger partial charge in [0.1, 0.15) is 0 Å². The normalized spacial score (nSPS) is 20.0. The summed E-state index contributed by atoms with van der Waals surface area (Å²) in [5.74, 6) is -0.134. The molecule has 1 heterocycles. The molecule has 136 valence electrons. The first-order chi connectivity index (χ1) is 12.6. The van der Waals surface area contributed by atoms with E-state index in [1.165, 1.54) is 0 Å². The largest absolute Gasteiger partial charge is 0.399 e. The van der Waals surface area contributed by atoms with E-state index in [9.17, 15) is 9.59 Å². The van der Waals surface area contributed by atoms with E-state index in [0.29, 0.717) is 19.4 Å². The molecule has 1 saturated heterocycles. The molecule has 5 nitrogen and oxygen atoms in total. The number of nitrogens with one attached hydrogen (secondary N) is 1. The second-order valence-electron chi connectivity index (χ2n) is 6.79. The number of carbonyl (C=O) groups excluding carboxylic acids is 2. The van der Waals surface area contributed by atoms with Crippen LogP contribution in [0.2, 0.25) is 0 Å². The third kappa shape index (κ3) is 4.04. The molecule has 1 aliphatic heterocycles. The topological polar surface area (TPSA) is 75.4 Å². The molecule has 2 atom stereocenters. The van der Waals surface area contributed by atoms with Crippen LogP contribution in [0, 0.1) is 5.92 Å². The molecule has 3 rings (SSSR count). The van der Waals surface area contributed by atoms with Gasteiger partial charge in [-0.15, -0.1) is 0 Å². The third-order valence-electron chi connectivity index (χ3n) is 5.03. The van der Waals surface area contributed by atoms with Crippen LogP contribution in [0.1, 0.15) is 30.0 Å². The van der Waals surface area contributed by atoms with Gasteiger partial charge in [-0.3, -0.25) is 9.59 Å². The lowest BCUT2D eigenvalue weighted by Gasteiger charge is -2.38. The van der Waals surface area contributed by atoms with Gasteiger partial charge in [0.2, 0.25) is 11.8 Å². The van der Waals surface area contributed by atoms with Crippen LogP contribution in [0.3, 0.4) is 0 Å². The summed E-state index contributed by atoms with van der Waals surface area (Å²) in [7, 11) is 1.79.